The molecule has 7 nitrogen and oxygen atoms in total. The lowest BCUT2D eigenvalue weighted by atomic mass is 9.75. The number of halogens is 6. The molecule has 1 aliphatic carbocycles. The van der Waals surface area contributed by atoms with Gasteiger partial charge in [0, 0.05) is 36.4 Å². The maximum Gasteiger partial charge on any atom is 0.437 e. The summed E-state index contributed by atoms with van der Waals surface area (Å²) in [6.45, 7) is 3.28. The summed E-state index contributed by atoms with van der Waals surface area (Å²) < 4.78 is 73.2. The zero-order chi connectivity index (χ0) is 26.8. The van der Waals surface area contributed by atoms with Crippen molar-refractivity contribution >= 4 is 17.5 Å². The maximum atomic E-state index is 13.5. The Morgan fingerprint density at radius 1 is 1.39 bits per heavy atom. The smallest absolute Gasteiger partial charge is 0.437 e. The van der Waals surface area contributed by atoms with E-state index in [-0.39, 0.29) is 27.5 Å². The fraction of sp³-hybridized carbons (Fsp3) is 0.304. The van der Waals surface area contributed by atoms with Gasteiger partial charge in [0.15, 0.2) is 5.69 Å². The van der Waals surface area contributed by atoms with Gasteiger partial charge in [-0.1, -0.05) is 18.2 Å². The molecule has 0 bridgehead atoms. The predicted molar refractivity (Wildman–Crippen MR) is 119 cm³/mol. The highest BCUT2D eigenvalue weighted by atomic mass is 35.5. The Labute approximate surface area is 206 Å². The normalized spacial score (nSPS) is 15.6. The van der Waals surface area contributed by atoms with Gasteiger partial charge < -0.3 is 10.1 Å². The summed E-state index contributed by atoms with van der Waals surface area (Å²) in [5.41, 5.74) is -2.76. The Morgan fingerprint density at radius 3 is 2.61 bits per heavy atom. The average molecular weight is 529 g/mol. The zero-order valence-electron chi connectivity index (χ0n) is 18.6. The van der Waals surface area contributed by atoms with Crippen molar-refractivity contribution in [2.24, 2.45) is 5.92 Å². The van der Waals surface area contributed by atoms with Crippen LogP contribution >= 0.6 is 11.6 Å². The highest BCUT2D eigenvalue weighted by molar-refractivity contribution is 6.30. The topological polar surface area (TPSA) is 97.0 Å². The van der Waals surface area contributed by atoms with Gasteiger partial charge in [-0.15, -0.1) is 0 Å². The second-order valence-corrected chi connectivity index (χ2v) is 8.48. The molecule has 36 heavy (non-hydrogen) atoms. The molecular formula is C23H18ClF5N4O3. The molecule has 0 saturated heterocycles. The van der Waals surface area contributed by atoms with Crippen molar-refractivity contribution in [2.75, 3.05) is 7.05 Å². The van der Waals surface area contributed by atoms with Gasteiger partial charge in [-0.3, -0.25) is 14.2 Å². The first kappa shape index (κ1) is 26.9. The van der Waals surface area contributed by atoms with Crippen molar-refractivity contribution in [2.45, 2.75) is 31.5 Å². The van der Waals surface area contributed by atoms with Crippen LogP contribution in [0, 0.1) is 17.2 Å². The number of nitrogens with one attached hydrogen (secondary N) is 1. The summed E-state index contributed by atoms with van der Waals surface area (Å²) in [4.78, 5) is 28.4. The fourth-order valence-electron chi connectivity index (χ4n) is 3.56. The third kappa shape index (κ3) is 6.09. The van der Waals surface area contributed by atoms with Gasteiger partial charge in [-0.25, -0.2) is 13.8 Å². The second-order valence-electron chi connectivity index (χ2n) is 8.04. The van der Waals surface area contributed by atoms with Crippen molar-refractivity contribution in [1.29, 1.82) is 5.26 Å². The van der Waals surface area contributed by atoms with E-state index >= 15 is 0 Å². The molecule has 1 aliphatic rings. The number of allylic oxidation sites excluding steroid dienone is 2. The number of rotatable bonds is 7. The molecule has 1 aromatic heterocycles. The van der Waals surface area contributed by atoms with Crippen LogP contribution in [-0.2, 0) is 17.5 Å². The number of alkyl halides is 5. The van der Waals surface area contributed by atoms with Crippen LogP contribution in [0.1, 0.15) is 24.1 Å². The Bertz CT molecular complexity index is 1340. The van der Waals surface area contributed by atoms with E-state index in [1.807, 2.05) is 0 Å². The molecular weight excluding hydrogens is 511 g/mol. The van der Waals surface area contributed by atoms with E-state index in [9.17, 15) is 31.5 Å². The van der Waals surface area contributed by atoms with Crippen LogP contribution in [0.2, 0.25) is 5.02 Å². The molecule has 1 aromatic carbocycles. The Kier molecular flexibility index (Phi) is 7.54. The summed E-state index contributed by atoms with van der Waals surface area (Å²) in [7, 11) is 1.32. The zero-order valence-corrected chi connectivity index (χ0v) is 19.4. The summed E-state index contributed by atoms with van der Waals surface area (Å²) in [5.74, 6) is -5.72. The van der Waals surface area contributed by atoms with Gasteiger partial charge in [0.2, 0.25) is 17.6 Å². The number of aromatic nitrogens is 2. The van der Waals surface area contributed by atoms with Gasteiger partial charge in [0.05, 0.1) is 24.5 Å². The molecule has 3 rings (SSSR count). The Hall–Kier alpha value is -3.72. The van der Waals surface area contributed by atoms with Crippen LogP contribution < -0.4 is 15.6 Å². The van der Waals surface area contributed by atoms with Crippen LogP contribution in [0.3, 0.4) is 0 Å². The number of hydrogen-bond donors (Lipinski definition) is 1. The van der Waals surface area contributed by atoms with Gasteiger partial charge >= 0.3 is 6.18 Å². The lowest BCUT2D eigenvalue weighted by Gasteiger charge is -2.36. The number of amides is 1. The maximum absolute atomic E-state index is 13.5. The SMILES string of the molecule is C=C(/C=C(\C(=O)NC)C1CC(F)(F)C1)Cn1cnc(C(F)(F)F)c(Oc2cc(Cl)cc(C#N)c2)c1=O. The molecule has 1 fully saturated rings. The minimum absolute atomic E-state index is 0.0105. The Balaban J connectivity index is 1.97. The Morgan fingerprint density at radius 2 is 2.06 bits per heavy atom. The number of ether oxygens (including phenoxy) is 1. The van der Waals surface area contributed by atoms with E-state index in [0.717, 1.165) is 16.7 Å². The van der Waals surface area contributed by atoms with E-state index in [2.05, 4.69) is 16.9 Å². The summed E-state index contributed by atoms with van der Waals surface area (Å²) in [5, 5.41) is 11.4. The molecule has 0 spiro atoms. The van der Waals surface area contributed by atoms with E-state index in [0.29, 0.717) is 6.33 Å². The number of carbonyl (C=O) groups excluding carboxylic acids is 1. The molecule has 0 atom stereocenters. The highest BCUT2D eigenvalue weighted by Gasteiger charge is 2.48. The molecule has 1 N–H and O–H groups in total. The van der Waals surface area contributed by atoms with E-state index in [4.69, 9.17) is 21.6 Å². The van der Waals surface area contributed by atoms with Crippen molar-refractivity contribution in [1.82, 2.24) is 14.9 Å². The van der Waals surface area contributed by atoms with E-state index < -0.39 is 60.3 Å². The monoisotopic (exact) mass is 528 g/mol. The molecule has 190 valence electrons. The number of carbonyl (C=O) groups is 1. The van der Waals surface area contributed by atoms with E-state index in [1.54, 1.807) is 6.07 Å². The van der Waals surface area contributed by atoms with E-state index in [1.165, 1.54) is 19.2 Å². The number of likely N-dealkylation sites (N-methyl/N-ethyl adjacent to an activating group) is 1. The molecule has 1 heterocycles. The molecule has 2 aromatic rings. The largest absolute Gasteiger partial charge is 0.449 e. The minimum atomic E-state index is -5.05. The molecule has 0 aliphatic heterocycles. The summed E-state index contributed by atoms with van der Waals surface area (Å²) in [6, 6.07) is 5.22. The van der Waals surface area contributed by atoms with Gasteiger partial charge in [-0.2, -0.15) is 18.4 Å². The third-order valence-electron chi connectivity index (χ3n) is 5.24. The summed E-state index contributed by atoms with van der Waals surface area (Å²) >= 11 is 5.86. The summed E-state index contributed by atoms with van der Waals surface area (Å²) in [6.07, 6.45) is -4.28. The third-order valence-corrected chi connectivity index (χ3v) is 5.46. The van der Waals surface area contributed by atoms with Gasteiger partial charge in [-0.05, 0) is 29.8 Å². The first-order valence-electron chi connectivity index (χ1n) is 10.3. The lowest BCUT2D eigenvalue weighted by molar-refractivity contribution is -0.142. The predicted octanol–water partition coefficient (Wildman–Crippen LogP) is 4.85. The van der Waals surface area contributed by atoms with Crippen molar-refractivity contribution in [3.63, 3.8) is 0 Å². The quantitative estimate of drug-likeness (QED) is 0.315. The number of nitrogens with zero attached hydrogens (tertiary/aromatic N) is 3. The number of benzene rings is 1. The van der Waals surface area contributed by atoms with Gasteiger partial charge in [0.1, 0.15) is 5.75 Å². The van der Waals surface area contributed by atoms with Crippen LogP contribution in [0.4, 0.5) is 22.0 Å². The van der Waals surface area contributed by atoms with Crippen molar-refractivity contribution < 1.29 is 31.5 Å². The van der Waals surface area contributed by atoms with Crippen molar-refractivity contribution in [3.05, 3.63) is 75.0 Å². The molecule has 0 unspecified atom stereocenters. The van der Waals surface area contributed by atoms with Crippen LogP contribution in [0.25, 0.3) is 0 Å². The highest BCUT2D eigenvalue weighted by Crippen LogP contribution is 2.46. The first-order chi connectivity index (χ1) is 16.7. The van der Waals surface area contributed by atoms with Crippen LogP contribution in [0.15, 0.2) is 53.1 Å². The van der Waals surface area contributed by atoms with Crippen molar-refractivity contribution in [3.8, 4) is 17.6 Å². The molecule has 1 saturated carbocycles. The molecule has 0 radical (unpaired) electrons. The van der Waals surface area contributed by atoms with Gasteiger partial charge in [0.25, 0.3) is 5.56 Å². The standard InChI is InChI=1S/C23H18ClF5N4O3/c1-12(3-17(20(34)31-2)14-7-22(25,26)8-14)10-33-11-32-19(23(27,28)29)18(21(33)35)36-16-5-13(9-30)4-15(24)6-16/h3-6,11,14H,1,7-8,10H2,2H3,(H,31,34)/b17-3-. The fourth-order valence-corrected chi connectivity index (χ4v) is 3.78. The minimum Gasteiger partial charge on any atom is -0.449 e. The number of hydrogen-bond acceptors (Lipinski definition) is 5. The lowest BCUT2D eigenvalue weighted by Crippen LogP contribution is -2.40. The molecule has 13 heteroatoms. The average Bonchev–Trinajstić information content (AvgIpc) is 2.76. The number of nitriles is 1. The first-order valence-corrected chi connectivity index (χ1v) is 10.7. The second kappa shape index (κ2) is 10.1. The molecule has 1 amide bonds. The van der Waals surface area contributed by atoms with Crippen LogP contribution in [-0.4, -0.2) is 28.4 Å². The van der Waals surface area contributed by atoms with Crippen LogP contribution in [0.5, 0.6) is 11.5 Å².